The lowest BCUT2D eigenvalue weighted by Gasteiger charge is -2.22. The van der Waals surface area contributed by atoms with E-state index in [4.69, 9.17) is 34.0 Å². The predicted octanol–water partition coefficient (Wildman–Crippen LogP) is 2.51. The van der Waals surface area contributed by atoms with Crippen LogP contribution in [0.4, 0.5) is 0 Å². The average Bonchev–Trinajstić information content (AvgIpc) is 2.81. The molecule has 0 spiro atoms. The first-order valence-corrected chi connectivity index (χ1v) is 11.9. The fourth-order valence-electron chi connectivity index (χ4n) is 3.45. The van der Waals surface area contributed by atoms with Crippen molar-refractivity contribution in [2.45, 2.75) is 44.9 Å². The third-order valence-corrected chi connectivity index (χ3v) is 5.17. The van der Waals surface area contributed by atoms with E-state index in [1.165, 1.54) is 6.20 Å². The molecule has 0 saturated carbocycles. The summed E-state index contributed by atoms with van der Waals surface area (Å²) in [5.41, 5.74) is 8.29. The summed E-state index contributed by atoms with van der Waals surface area (Å²) in [6.45, 7) is 7.72. The van der Waals surface area contributed by atoms with Crippen LogP contribution >= 0.6 is 0 Å². The molecule has 188 valence electrons. The van der Waals surface area contributed by atoms with Crippen LogP contribution in [0.2, 0.25) is 0 Å². The highest BCUT2D eigenvalue weighted by atomic mass is 16.5. The topological polar surface area (TPSA) is 119 Å². The average molecular weight is 503 g/mol. The molecule has 0 bridgehead atoms. The van der Waals surface area contributed by atoms with E-state index < -0.39 is 11.1 Å². The SMILES string of the molecule is [B]C([B])([B])NC(=O)c1ccc2nccc(Oc3ccc(CC(=O)N/C(C=NC(C)(C)C)=C/N)cc3C)c2c1. The maximum Gasteiger partial charge on any atom is 0.249 e. The number of amides is 2. The van der Waals surface area contributed by atoms with Gasteiger partial charge in [-0.3, -0.25) is 19.6 Å². The molecule has 3 aromatic rings. The molecule has 1 heterocycles. The second kappa shape index (κ2) is 11.6. The minimum Gasteiger partial charge on any atom is -0.456 e. The zero-order valence-electron chi connectivity index (χ0n) is 21.9. The number of aromatic nitrogens is 1. The molecule has 38 heavy (non-hydrogen) atoms. The van der Waals surface area contributed by atoms with Crippen LogP contribution in [0.1, 0.15) is 42.3 Å². The summed E-state index contributed by atoms with van der Waals surface area (Å²) in [5.74, 6) is 0.317. The predicted molar refractivity (Wildman–Crippen MR) is 153 cm³/mol. The minimum absolute atomic E-state index is 0.142. The molecule has 0 aliphatic heterocycles. The standard InChI is InChI=1S/C27H28B3N5O3/c1-16-11-17(12-24(36)34-19(14-31)15-33-26(2,3)4)5-8-22(16)38-23-9-10-32-21-7-6-18(13-20(21)23)25(37)35-27(28,29)30/h5-11,13-15H,12,31H2,1-4H3,(H,34,36)(H,35,37)/b19-14+,33-15?. The number of carbonyl (C=O) groups excluding carboxylic acids is 2. The van der Waals surface area contributed by atoms with Crippen LogP contribution in [0.15, 0.2) is 65.6 Å². The molecule has 0 saturated heterocycles. The van der Waals surface area contributed by atoms with E-state index in [-0.39, 0.29) is 23.4 Å². The third kappa shape index (κ3) is 8.26. The summed E-state index contributed by atoms with van der Waals surface area (Å²) < 4.78 is 6.17. The van der Waals surface area contributed by atoms with Gasteiger partial charge in [-0.15, -0.1) is 0 Å². The number of aryl methyl sites for hydroxylation is 1. The maximum atomic E-state index is 12.6. The number of nitrogens with zero attached hydrogens (tertiary/aromatic N) is 2. The number of pyridine rings is 1. The second-order valence-corrected chi connectivity index (χ2v) is 9.91. The number of hydrogen-bond donors (Lipinski definition) is 3. The number of benzene rings is 2. The van der Waals surface area contributed by atoms with Crippen LogP contribution in [0.3, 0.4) is 0 Å². The van der Waals surface area contributed by atoms with Gasteiger partial charge in [-0.05, 0) is 69.2 Å². The molecular weight excluding hydrogens is 475 g/mol. The Kier molecular flexibility index (Phi) is 8.71. The molecule has 0 aliphatic rings. The van der Waals surface area contributed by atoms with Crippen LogP contribution in [0, 0.1) is 6.92 Å². The first-order chi connectivity index (χ1) is 17.7. The number of fused-ring (bicyclic) bond motifs is 1. The van der Waals surface area contributed by atoms with Gasteiger partial charge >= 0.3 is 0 Å². The van der Waals surface area contributed by atoms with Crippen LogP contribution in [-0.2, 0) is 11.2 Å². The van der Waals surface area contributed by atoms with Gasteiger partial charge in [-0.25, -0.2) is 0 Å². The zero-order valence-corrected chi connectivity index (χ0v) is 21.9. The molecule has 4 N–H and O–H groups in total. The summed E-state index contributed by atoms with van der Waals surface area (Å²) in [4.78, 5) is 33.7. The van der Waals surface area contributed by atoms with E-state index in [0.717, 1.165) is 11.1 Å². The molecule has 8 nitrogen and oxygen atoms in total. The number of aliphatic imine (C=N–C) groups is 1. The van der Waals surface area contributed by atoms with E-state index in [2.05, 4.69) is 20.6 Å². The molecule has 2 aromatic carbocycles. The van der Waals surface area contributed by atoms with Gasteiger partial charge in [0.2, 0.25) is 11.8 Å². The molecule has 0 aliphatic carbocycles. The van der Waals surface area contributed by atoms with Crippen molar-refractivity contribution >= 4 is 52.5 Å². The Morgan fingerprint density at radius 3 is 2.45 bits per heavy atom. The molecule has 0 atom stereocenters. The third-order valence-electron chi connectivity index (χ3n) is 5.17. The lowest BCUT2D eigenvalue weighted by Crippen LogP contribution is -2.50. The number of nitrogens with one attached hydrogen (secondary N) is 2. The fourth-order valence-corrected chi connectivity index (χ4v) is 3.45. The van der Waals surface area contributed by atoms with Gasteiger partial charge in [-0.2, -0.15) is 0 Å². The summed E-state index contributed by atoms with van der Waals surface area (Å²) in [6.07, 6.45) is 4.61. The van der Waals surface area contributed by atoms with E-state index in [1.54, 1.807) is 42.7 Å². The number of rotatable bonds is 8. The first-order valence-electron chi connectivity index (χ1n) is 11.9. The highest BCUT2D eigenvalue weighted by Gasteiger charge is 2.16. The Labute approximate surface area is 226 Å². The Hall–Kier alpha value is -4.01. The highest BCUT2D eigenvalue weighted by molar-refractivity contribution is 6.60. The Morgan fingerprint density at radius 2 is 1.82 bits per heavy atom. The van der Waals surface area contributed by atoms with Crippen molar-refractivity contribution in [3.05, 3.63) is 77.2 Å². The van der Waals surface area contributed by atoms with Crippen molar-refractivity contribution in [3.8, 4) is 11.5 Å². The highest BCUT2D eigenvalue weighted by Crippen LogP contribution is 2.31. The first kappa shape index (κ1) is 28.6. The molecule has 2 amide bonds. The number of nitrogens with two attached hydrogens (primary N) is 1. The van der Waals surface area contributed by atoms with Crippen LogP contribution in [0.5, 0.6) is 11.5 Å². The number of ether oxygens (including phenoxy) is 1. The van der Waals surface area contributed by atoms with Crippen molar-refractivity contribution in [2.24, 2.45) is 10.7 Å². The van der Waals surface area contributed by atoms with Crippen LogP contribution < -0.4 is 21.1 Å². The normalized spacial score (nSPS) is 12.5. The van der Waals surface area contributed by atoms with Crippen LogP contribution in [-0.4, -0.2) is 57.3 Å². The lowest BCUT2D eigenvalue weighted by molar-refractivity contribution is -0.119. The van der Waals surface area contributed by atoms with Crippen molar-refractivity contribution in [1.82, 2.24) is 15.6 Å². The lowest BCUT2D eigenvalue weighted by atomic mass is 9.49. The number of hydrogen-bond acceptors (Lipinski definition) is 6. The van der Waals surface area contributed by atoms with Crippen molar-refractivity contribution in [3.63, 3.8) is 0 Å². The molecule has 6 radical (unpaired) electrons. The Bertz CT molecular complexity index is 1410. The van der Waals surface area contributed by atoms with Crippen molar-refractivity contribution < 1.29 is 14.3 Å². The van der Waals surface area contributed by atoms with Crippen molar-refractivity contribution in [2.75, 3.05) is 0 Å². The van der Waals surface area contributed by atoms with E-state index in [9.17, 15) is 9.59 Å². The fraction of sp³-hybridized carbons (Fsp3) is 0.259. The second-order valence-electron chi connectivity index (χ2n) is 9.91. The van der Waals surface area contributed by atoms with Gasteiger partial charge in [0.25, 0.3) is 0 Å². The zero-order chi connectivity index (χ0) is 28.1. The van der Waals surface area contributed by atoms with Crippen molar-refractivity contribution in [1.29, 1.82) is 0 Å². The smallest absolute Gasteiger partial charge is 0.249 e. The van der Waals surface area contributed by atoms with Gasteiger partial charge in [-0.1, -0.05) is 17.4 Å². The summed E-state index contributed by atoms with van der Waals surface area (Å²) in [5, 5.41) is 3.84. The summed E-state index contributed by atoms with van der Waals surface area (Å²) in [6, 6.07) is 12.1. The molecule has 3 rings (SSSR count). The summed E-state index contributed by atoms with van der Waals surface area (Å²) >= 11 is 0. The van der Waals surface area contributed by atoms with Crippen LogP contribution in [0.25, 0.3) is 10.9 Å². The van der Waals surface area contributed by atoms with Gasteiger partial charge in [0, 0.05) is 29.6 Å². The molecular formula is C27H28B3N5O3. The van der Waals surface area contributed by atoms with Gasteiger partial charge in [0.1, 0.15) is 11.5 Å². The monoisotopic (exact) mass is 503 g/mol. The van der Waals surface area contributed by atoms with Gasteiger partial charge in [0.15, 0.2) is 0 Å². The Balaban J connectivity index is 1.76. The molecule has 0 unspecified atom stereocenters. The molecule has 0 fully saturated rings. The maximum absolute atomic E-state index is 12.6. The van der Waals surface area contributed by atoms with E-state index in [0.29, 0.717) is 28.1 Å². The largest absolute Gasteiger partial charge is 0.456 e. The minimum atomic E-state index is -1.85. The number of carbonyl (C=O) groups is 2. The van der Waals surface area contributed by atoms with E-state index >= 15 is 0 Å². The van der Waals surface area contributed by atoms with Gasteiger partial charge < -0.3 is 21.1 Å². The summed E-state index contributed by atoms with van der Waals surface area (Å²) in [7, 11) is 16.5. The molecule has 1 aromatic heterocycles. The van der Waals surface area contributed by atoms with Gasteiger partial charge in [0.05, 0.1) is 46.7 Å². The Morgan fingerprint density at radius 1 is 1.08 bits per heavy atom. The quantitative estimate of drug-likeness (QED) is 0.323. The van der Waals surface area contributed by atoms with E-state index in [1.807, 2.05) is 39.8 Å². The number of allylic oxidation sites excluding steroid dienone is 1. The molecule has 11 heteroatoms.